The minimum Gasteiger partial charge on any atom is -0.478 e. The molecule has 0 spiro atoms. The first-order chi connectivity index (χ1) is 9.83. The Morgan fingerprint density at radius 2 is 2.10 bits per heavy atom. The first kappa shape index (κ1) is 15.0. The summed E-state index contributed by atoms with van der Waals surface area (Å²) in [5.41, 5.74) is 1.17. The van der Waals surface area contributed by atoms with Gasteiger partial charge in [-0.2, -0.15) is 5.10 Å². The summed E-state index contributed by atoms with van der Waals surface area (Å²) in [5.74, 6) is -1.01. The molecular formula is C13H15N3O4S. The summed E-state index contributed by atoms with van der Waals surface area (Å²) in [7, 11) is -3.89. The second-order valence-electron chi connectivity index (χ2n) is 4.52. The number of benzene rings is 1. The molecule has 0 fully saturated rings. The first-order valence-corrected chi connectivity index (χ1v) is 7.73. The van der Waals surface area contributed by atoms with Gasteiger partial charge in [-0.1, -0.05) is 13.0 Å². The Hall–Kier alpha value is -2.35. The minimum atomic E-state index is -3.89. The van der Waals surface area contributed by atoms with Crippen LogP contribution < -0.4 is 4.72 Å². The van der Waals surface area contributed by atoms with Crippen molar-refractivity contribution in [3.05, 3.63) is 41.1 Å². The van der Waals surface area contributed by atoms with E-state index in [2.05, 4.69) is 14.9 Å². The number of aromatic amines is 1. The van der Waals surface area contributed by atoms with E-state index in [1.54, 1.807) is 13.0 Å². The average molecular weight is 309 g/mol. The van der Waals surface area contributed by atoms with Gasteiger partial charge in [0, 0.05) is 11.8 Å². The summed E-state index contributed by atoms with van der Waals surface area (Å²) in [4.78, 5) is 10.9. The number of aromatic carboxylic acids is 1. The molecule has 0 radical (unpaired) electrons. The number of nitrogens with one attached hydrogen (secondary N) is 2. The summed E-state index contributed by atoms with van der Waals surface area (Å²) >= 11 is 0. The summed E-state index contributed by atoms with van der Waals surface area (Å²) in [5, 5.41) is 15.5. The average Bonchev–Trinajstić information content (AvgIpc) is 2.85. The lowest BCUT2D eigenvalue weighted by Crippen LogP contribution is -2.15. The minimum absolute atomic E-state index is 0.0801. The van der Waals surface area contributed by atoms with Gasteiger partial charge in [-0.25, -0.2) is 13.2 Å². The molecule has 2 rings (SSSR count). The van der Waals surface area contributed by atoms with Crippen molar-refractivity contribution in [2.75, 3.05) is 4.72 Å². The Balaban J connectivity index is 2.39. The van der Waals surface area contributed by atoms with Crippen LogP contribution in [0, 0.1) is 6.92 Å². The molecule has 0 aliphatic rings. The van der Waals surface area contributed by atoms with Crippen molar-refractivity contribution in [1.29, 1.82) is 0 Å². The van der Waals surface area contributed by atoms with Crippen LogP contribution in [0.1, 0.15) is 28.5 Å². The van der Waals surface area contributed by atoms with Crippen molar-refractivity contribution in [2.24, 2.45) is 0 Å². The highest BCUT2D eigenvalue weighted by Crippen LogP contribution is 2.20. The zero-order valence-electron chi connectivity index (χ0n) is 11.5. The van der Waals surface area contributed by atoms with E-state index < -0.39 is 16.0 Å². The van der Waals surface area contributed by atoms with Crippen molar-refractivity contribution in [2.45, 2.75) is 25.2 Å². The van der Waals surface area contributed by atoms with E-state index in [1.807, 2.05) is 6.92 Å². The maximum absolute atomic E-state index is 12.3. The van der Waals surface area contributed by atoms with Gasteiger partial charge in [-0.15, -0.1) is 0 Å². The topological polar surface area (TPSA) is 112 Å². The van der Waals surface area contributed by atoms with Gasteiger partial charge >= 0.3 is 5.97 Å². The van der Waals surface area contributed by atoms with E-state index in [0.717, 1.165) is 11.8 Å². The lowest BCUT2D eigenvalue weighted by Gasteiger charge is -2.09. The number of carboxylic acid groups (broad SMARTS) is 1. The number of carbonyl (C=O) groups is 1. The van der Waals surface area contributed by atoms with E-state index in [0.29, 0.717) is 12.0 Å². The molecule has 0 saturated heterocycles. The number of sulfonamides is 1. The van der Waals surface area contributed by atoms with Crippen LogP contribution in [0.3, 0.4) is 0 Å². The summed E-state index contributed by atoms with van der Waals surface area (Å²) < 4.78 is 27.0. The monoisotopic (exact) mass is 309 g/mol. The number of aryl methyl sites for hydroxylation is 2. The number of aromatic nitrogens is 2. The molecule has 112 valence electrons. The lowest BCUT2D eigenvalue weighted by atomic mass is 10.1. The van der Waals surface area contributed by atoms with E-state index >= 15 is 0 Å². The third kappa shape index (κ3) is 3.22. The molecular weight excluding hydrogens is 294 g/mol. The highest BCUT2D eigenvalue weighted by Gasteiger charge is 2.20. The zero-order valence-corrected chi connectivity index (χ0v) is 12.4. The van der Waals surface area contributed by atoms with Gasteiger partial charge in [-0.05, 0) is 31.0 Å². The second-order valence-corrected chi connectivity index (χ2v) is 6.17. The number of hydrogen-bond donors (Lipinski definition) is 3. The maximum Gasteiger partial charge on any atom is 0.335 e. The van der Waals surface area contributed by atoms with Crippen molar-refractivity contribution >= 4 is 21.8 Å². The molecule has 21 heavy (non-hydrogen) atoms. The molecule has 0 unspecified atom stereocenters. The van der Waals surface area contributed by atoms with E-state index in [4.69, 9.17) is 5.11 Å². The maximum atomic E-state index is 12.3. The summed E-state index contributed by atoms with van der Waals surface area (Å²) in [6.07, 6.45) is 0.697. The second kappa shape index (κ2) is 5.57. The van der Waals surface area contributed by atoms with Gasteiger partial charge in [0.25, 0.3) is 10.0 Å². The molecule has 0 saturated carbocycles. The van der Waals surface area contributed by atoms with Crippen LogP contribution >= 0.6 is 0 Å². The van der Waals surface area contributed by atoms with Crippen molar-refractivity contribution in [3.63, 3.8) is 0 Å². The Morgan fingerprint density at radius 1 is 1.38 bits per heavy atom. The molecule has 1 heterocycles. The van der Waals surface area contributed by atoms with Crippen molar-refractivity contribution in [3.8, 4) is 0 Å². The van der Waals surface area contributed by atoms with Gasteiger partial charge < -0.3 is 5.11 Å². The fourth-order valence-electron chi connectivity index (χ4n) is 1.81. The van der Waals surface area contributed by atoms with E-state index in [9.17, 15) is 13.2 Å². The van der Waals surface area contributed by atoms with Crippen LogP contribution in [0.4, 0.5) is 5.82 Å². The largest absolute Gasteiger partial charge is 0.478 e. The van der Waals surface area contributed by atoms with Crippen molar-refractivity contribution < 1.29 is 18.3 Å². The van der Waals surface area contributed by atoms with Gasteiger partial charge in [0.1, 0.15) is 0 Å². The number of anilines is 1. The molecule has 0 aliphatic carbocycles. The van der Waals surface area contributed by atoms with Gasteiger partial charge in [-0.3, -0.25) is 9.82 Å². The van der Waals surface area contributed by atoms with Crippen LogP contribution in [0.25, 0.3) is 0 Å². The predicted octanol–water partition coefficient (Wildman–Crippen LogP) is 1.78. The molecule has 7 nitrogen and oxygen atoms in total. The molecule has 2 aromatic rings. The Labute approximate surface area is 122 Å². The van der Waals surface area contributed by atoms with Gasteiger partial charge in [0.2, 0.25) is 0 Å². The number of nitrogens with zero attached hydrogens (tertiary/aromatic N) is 1. The fraction of sp³-hybridized carbons (Fsp3) is 0.231. The van der Waals surface area contributed by atoms with E-state index in [1.165, 1.54) is 12.1 Å². The Kier molecular flexibility index (Phi) is 3.99. The Morgan fingerprint density at radius 3 is 2.67 bits per heavy atom. The Bertz CT molecular complexity index is 780. The lowest BCUT2D eigenvalue weighted by molar-refractivity contribution is 0.0696. The van der Waals surface area contributed by atoms with Crippen LogP contribution in [0.15, 0.2) is 29.2 Å². The molecule has 0 aliphatic heterocycles. The van der Waals surface area contributed by atoms with Crippen molar-refractivity contribution in [1.82, 2.24) is 10.2 Å². The molecule has 1 aromatic heterocycles. The smallest absolute Gasteiger partial charge is 0.335 e. The van der Waals surface area contributed by atoms with Gasteiger partial charge in [0.15, 0.2) is 5.82 Å². The standard InChI is InChI=1S/C13H15N3O4S/c1-3-10-7-12(15-14-10)16-21(19,20)11-6-9(13(17)18)5-4-8(11)2/h4-7H,3H2,1-2H3,(H,17,18)(H2,14,15,16). The predicted molar refractivity (Wildman–Crippen MR) is 76.9 cm³/mol. The molecule has 0 atom stereocenters. The third-order valence-electron chi connectivity index (χ3n) is 2.98. The highest BCUT2D eigenvalue weighted by molar-refractivity contribution is 7.92. The quantitative estimate of drug-likeness (QED) is 0.779. The van der Waals surface area contributed by atoms with Crippen LogP contribution in [-0.4, -0.2) is 29.7 Å². The van der Waals surface area contributed by atoms with Crippen LogP contribution in [0.5, 0.6) is 0 Å². The van der Waals surface area contributed by atoms with E-state index in [-0.39, 0.29) is 16.3 Å². The number of H-pyrrole nitrogens is 1. The van der Waals surface area contributed by atoms with Crippen LogP contribution in [-0.2, 0) is 16.4 Å². The number of hydrogen-bond acceptors (Lipinski definition) is 4. The molecule has 8 heteroatoms. The summed E-state index contributed by atoms with van der Waals surface area (Å²) in [6, 6.07) is 5.54. The SMILES string of the molecule is CCc1cc(NS(=O)(=O)c2cc(C(=O)O)ccc2C)n[nH]1. The van der Waals surface area contributed by atoms with Crippen LogP contribution in [0.2, 0.25) is 0 Å². The third-order valence-corrected chi connectivity index (χ3v) is 4.47. The fourth-order valence-corrected chi connectivity index (χ4v) is 3.07. The first-order valence-electron chi connectivity index (χ1n) is 6.24. The molecule has 0 bridgehead atoms. The zero-order chi connectivity index (χ0) is 15.6. The molecule has 3 N–H and O–H groups in total. The number of carboxylic acids is 1. The normalized spacial score (nSPS) is 11.3. The number of rotatable bonds is 5. The molecule has 1 aromatic carbocycles. The summed E-state index contributed by atoms with van der Waals surface area (Å²) in [6.45, 7) is 3.51. The van der Waals surface area contributed by atoms with Gasteiger partial charge in [0.05, 0.1) is 10.5 Å². The molecule has 0 amide bonds. The highest BCUT2D eigenvalue weighted by atomic mass is 32.2.